The number of aliphatic hydroxyl groups excluding tert-OH is 1. The van der Waals surface area contributed by atoms with Gasteiger partial charge in [0.25, 0.3) is 0 Å². The summed E-state index contributed by atoms with van der Waals surface area (Å²) in [4.78, 5) is 1.01. The van der Waals surface area contributed by atoms with Gasteiger partial charge in [-0.1, -0.05) is 18.8 Å². The van der Waals surface area contributed by atoms with Crippen molar-refractivity contribution in [3.05, 3.63) is 21.9 Å². The van der Waals surface area contributed by atoms with Crippen LogP contribution >= 0.6 is 11.3 Å². The van der Waals surface area contributed by atoms with Gasteiger partial charge in [0.2, 0.25) is 10.0 Å². The van der Waals surface area contributed by atoms with Crippen molar-refractivity contribution >= 4 is 21.4 Å². The van der Waals surface area contributed by atoms with Crippen LogP contribution in [0.5, 0.6) is 0 Å². The van der Waals surface area contributed by atoms with Crippen LogP contribution in [-0.4, -0.2) is 36.7 Å². The molecule has 0 saturated carbocycles. The van der Waals surface area contributed by atoms with Crippen LogP contribution in [0.1, 0.15) is 23.8 Å². The quantitative estimate of drug-likeness (QED) is 0.855. The number of hydrogen-bond acceptors (Lipinski definition) is 4. The zero-order valence-corrected chi connectivity index (χ0v) is 12.4. The molecule has 1 aliphatic heterocycles. The van der Waals surface area contributed by atoms with E-state index in [4.69, 9.17) is 5.11 Å². The van der Waals surface area contributed by atoms with E-state index in [9.17, 15) is 8.42 Å². The Morgan fingerprint density at radius 2 is 2.37 bits per heavy atom. The summed E-state index contributed by atoms with van der Waals surface area (Å²) < 4.78 is 25.3. The Hall–Kier alpha value is -0.870. The van der Waals surface area contributed by atoms with E-state index >= 15 is 0 Å². The molecule has 1 N–H and O–H groups in total. The Morgan fingerprint density at radius 3 is 3.00 bits per heavy atom. The molecular formula is C13H17NO3S2. The highest BCUT2D eigenvalue weighted by Gasteiger charge is 2.33. The van der Waals surface area contributed by atoms with E-state index in [1.54, 1.807) is 4.31 Å². The van der Waals surface area contributed by atoms with Crippen molar-refractivity contribution in [3.63, 3.8) is 0 Å². The fraction of sp³-hybridized carbons (Fsp3) is 0.538. The van der Waals surface area contributed by atoms with Crippen LogP contribution in [0.3, 0.4) is 0 Å². The third kappa shape index (κ3) is 3.80. The van der Waals surface area contributed by atoms with Crippen LogP contribution in [0, 0.1) is 17.8 Å². The average Bonchev–Trinajstić information content (AvgIpc) is 2.85. The molecule has 1 unspecified atom stereocenters. The van der Waals surface area contributed by atoms with E-state index in [0.29, 0.717) is 19.5 Å². The third-order valence-corrected chi connectivity index (χ3v) is 5.84. The molecule has 1 saturated heterocycles. The van der Waals surface area contributed by atoms with Crippen molar-refractivity contribution in [2.75, 3.05) is 18.9 Å². The smallest absolute Gasteiger partial charge is 0.214 e. The monoisotopic (exact) mass is 299 g/mol. The topological polar surface area (TPSA) is 57.6 Å². The highest BCUT2D eigenvalue weighted by atomic mass is 32.2. The minimum atomic E-state index is -3.08. The molecular weight excluding hydrogens is 282 g/mol. The zero-order valence-electron chi connectivity index (χ0n) is 10.8. The summed E-state index contributed by atoms with van der Waals surface area (Å²) in [5, 5.41) is 10.6. The molecule has 0 spiro atoms. The van der Waals surface area contributed by atoms with Gasteiger partial charge in [-0.3, -0.25) is 0 Å². The van der Waals surface area contributed by atoms with E-state index < -0.39 is 10.0 Å². The maximum Gasteiger partial charge on any atom is 0.214 e. The van der Waals surface area contributed by atoms with Crippen molar-refractivity contribution in [2.45, 2.75) is 19.9 Å². The van der Waals surface area contributed by atoms with Gasteiger partial charge < -0.3 is 5.11 Å². The molecule has 1 atom stereocenters. The number of nitrogens with zero attached hydrogens (tertiary/aromatic N) is 1. The Bertz CT molecular complexity index is 595. The van der Waals surface area contributed by atoms with Crippen LogP contribution in [0.4, 0.5) is 0 Å². The van der Waals surface area contributed by atoms with Gasteiger partial charge in [-0.05, 0) is 12.0 Å². The molecule has 4 nitrogen and oxygen atoms in total. The van der Waals surface area contributed by atoms with Crippen LogP contribution in [-0.2, 0) is 16.6 Å². The Morgan fingerprint density at radius 1 is 1.58 bits per heavy atom. The van der Waals surface area contributed by atoms with Crippen LogP contribution in [0.15, 0.2) is 11.4 Å². The van der Waals surface area contributed by atoms with E-state index in [0.717, 1.165) is 10.4 Å². The number of aliphatic hydroxyl groups is 1. The Kier molecular flexibility index (Phi) is 4.63. The summed E-state index contributed by atoms with van der Waals surface area (Å²) in [7, 11) is -3.08. The Balaban J connectivity index is 2.03. The van der Waals surface area contributed by atoms with Gasteiger partial charge in [-0.2, -0.15) is 4.31 Å². The lowest BCUT2D eigenvalue weighted by atomic mass is 10.2. The molecule has 104 valence electrons. The normalized spacial score (nSPS) is 22.1. The molecule has 19 heavy (non-hydrogen) atoms. The number of sulfonamides is 1. The zero-order chi connectivity index (χ0) is 13.9. The standard InChI is InChI=1S/C13H17NO3S2/c1-11-7-14(19(16,17)10-11)8-13-6-12(9-18-13)4-2-3-5-15/h6,9,11,15H,3,5,7-8,10H2,1H3. The molecule has 0 radical (unpaired) electrons. The molecule has 0 aliphatic carbocycles. The van der Waals surface area contributed by atoms with Crippen molar-refractivity contribution < 1.29 is 13.5 Å². The van der Waals surface area contributed by atoms with Crippen molar-refractivity contribution in [2.24, 2.45) is 5.92 Å². The number of thiophene rings is 1. The fourth-order valence-corrected chi connectivity index (χ4v) is 4.83. The molecule has 0 amide bonds. The molecule has 2 rings (SSSR count). The lowest BCUT2D eigenvalue weighted by Gasteiger charge is -2.12. The minimum Gasteiger partial charge on any atom is -0.395 e. The van der Waals surface area contributed by atoms with Crippen molar-refractivity contribution in [1.82, 2.24) is 4.31 Å². The van der Waals surface area contributed by atoms with Crippen molar-refractivity contribution in [3.8, 4) is 11.8 Å². The highest BCUT2D eigenvalue weighted by molar-refractivity contribution is 7.89. The summed E-state index contributed by atoms with van der Waals surface area (Å²) in [6.45, 7) is 3.07. The first-order valence-corrected chi connectivity index (χ1v) is 8.65. The first kappa shape index (κ1) is 14.5. The summed E-state index contributed by atoms with van der Waals surface area (Å²) in [5.41, 5.74) is 0.887. The van der Waals surface area contributed by atoms with E-state index in [2.05, 4.69) is 11.8 Å². The first-order chi connectivity index (χ1) is 9.01. The van der Waals surface area contributed by atoms with Crippen LogP contribution in [0.25, 0.3) is 0 Å². The highest BCUT2D eigenvalue weighted by Crippen LogP contribution is 2.24. The molecule has 1 aromatic rings. The molecule has 0 aromatic carbocycles. The van der Waals surface area contributed by atoms with E-state index in [-0.39, 0.29) is 18.3 Å². The second-order valence-electron chi connectivity index (χ2n) is 4.75. The van der Waals surface area contributed by atoms with Gasteiger partial charge in [-0.15, -0.1) is 11.3 Å². The summed E-state index contributed by atoms with van der Waals surface area (Å²) >= 11 is 1.53. The van der Waals surface area contributed by atoms with E-state index in [1.165, 1.54) is 11.3 Å². The molecule has 6 heteroatoms. The summed E-state index contributed by atoms with van der Waals surface area (Å²) in [6, 6.07) is 1.92. The molecule has 1 aliphatic rings. The largest absolute Gasteiger partial charge is 0.395 e. The van der Waals surface area contributed by atoms with Gasteiger partial charge in [0.15, 0.2) is 0 Å². The van der Waals surface area contributed by atoms with Crippen molar-refractivity contribution in [1.29, 1.82) is 0 Å². The molecule has 1 aromatic heterocycles. The lowest BCUT2D eigenvalue weighted by molar-refractivity contribution is 0.305. The average molecular weight is 299 g/mol. The number of rotatable bonds is 3. The predicted octanol–water partition coefficient (Wildman–Crippen LogP) is 1.26. The third-order valence-electron chi connectivity index (χ3n) is 2.86. The molecule has 1 fully saturated rings. The number of hydrogen-bond donors (Lipinski definition) is 1. The second kappa shape index (κ2) is 6.06. The maximum absolute atomic E-state index is 11.9. The molecule has 0 bridgehead atoms. The lowest BCUT2D eigenvalue weighted by Crippen LogP contribution is -2.24. The minimum absolute atomic E-state index is 0.0634. The fourth-order valence-electron chi connectivity index (χ4n) is 2.07. The predicted molar refractivity (Wildman–Crippen MR) is 76.3 cm³/mol. The second-order valence-corrected chi connectivity index (χ2v) is 7.76. The van der Waals surface area contributed by atoms with Gasteiger partial charge in [0.05, 0.1) is 12.4 Å². The SMILES string of the molecule is CC1CN(Cc2cc(C#CCCO)cs2)S(=O)(=O)C1. The van der Waals surface area contributed by atoms with Gasteiger partial charge in [0.1, 0.15) is 0 Å². The van der Waals surface area contributed by atoms with Gasteiger partial charge >= 0.3 is 0 Å². The Labute approximate surface area is 118 Å². The summed E-state index contributed by atoms with van der Waals surface area (Å²) in [5.74, 6) is 6.26. The van der Waals surface area contributed by atoms with Gasteiger partial charge in [-0.25, -0.2) is 8.42 Å². The molecule has 2 heterocycles. The van der Waals surface area contributed by atoms with Crippen LogP contribution < -0.4 is 0 Å². The van der Waals surface area contributed by atoms with Crippen LogP contribution in [0.2, 0.25) is 0 Å². The maximum atomic E-state index is 11.9. The first-order valence-electron chi connectivity index (χ1n) is 6.16. The van der Waals surface area contributed by atoms with Gasteiger partial charge in [0, 0.05) is 35.3 Å². The van der Waals surface area contributed by atoms with E-state index in [1.807, 2.05) is 18.4 Å². The summed E-state index contributed by atoms with van der Waals surface area (Å²) in [6.07, 6.45) is 0.462.